The number of hydrogen-bond donors (Lipinski definition) is 3. The number of anilines is 2. The summed E-state index contributed by atoms with van der Waals surface area (Å²) in [5.74, 6) is -3.70. The molecule has 0 spiro atoms. The van der Waals surface area contributed by atoms with E-state index in [9.17, 15) is 33.6 Å². The molecule has 5 aromatic rings. The summed E-state index contributed by atoms with van der Waals surface area (Å²) in [5.41, 5.74) is 1.24. The van der Waals surface area contributed by atoms with Gasteiger partial charge in [-0.25, -0.2) is 19.2 Å². The molecule has 3 N–H and O–H groups in total. The first-order valence-electron chi connectivity index (χ1n) is 22.1. The number of ether oxygens (including phenoxy) is 4. The highest BCUT2D eigenvalue weighted by molar-refractivity contribution is 7.98. The monoisotopic (exact) mass is 946 g/mol. The molecule has 16 heteroatoms. The number of carbonyl (C=O) groups excluding carboxylic acids is 7. The molecule has 5 aromatic carbocycles. The minimum absolute atomic E-state index is 0.00869. The Morgan fingerprint density at radius 3 is 1.91 bits per heavy atom. The predicted molar refractivity (Wildman–Crippen MR) is 260 cm³/mol. The summed E-state index contributed by atoms with van der Waals surface area (Å²) in [6, 6.07) is 33.2. The van der Waals surface area contributed by atoms with Crippen molar-refractivity contribution in [2.24, 2.45) is 0 Å². The number of nitrogens with zero attached hydrogens (tertiary/aromatic N) is 1. The van der Waals surface area contributed by atoms with E-state index in [2.05, 4.69) is 16.0 Å². The van der Waals surface area contributed by atoms with Crippen molar-refractivity contribution in [1.82, 2.24) is 16.0 Å². The average molecular weight is 947 g/mol. The van der Waals surface area contributed by atoms with Gasteiger partial charge in [0.2, 0.25) is 11.8 Å². The molecular formula is C52H58N4O11S. The molecule has 68 heavy (non-hydrogen) atoms. The Bertz CT molecular complexity index is 2510. The number of thioether (sulfide) groups is 1. The smallest absolute Gasteiger partial charge is 0.407 e. The molecule has 358 valence electrons. The summed E-state index contributed by atoms with van der Waals surface area (Å²) in [6.07, 6.45) is 1.59. The van der Waals surface area contributed by atoms with Crippen LogP contribution in [0.2, 0.25) is 0 Å². The second kappa shape index (κ2) is 25.1. The van der Waals surface area contributed by atoms with E-state index < -0.39 is 59.6 Å². The van der Waals surface area contributed by atoms with E-state index in [4.69, 9.17) is 18.9 Å². The third-order valence-electron chi connectivity index (χ3n) is 10.6. The molecule has 4 amide bonds. The molecule has 0 aromatic heterocycles. The van der Waals surface area contributed by atoms with Gasteiger partial charge in [-0.05, 0) is 92.3 Å². The lowest BCUT2D eigenvalue weighted by atomic mass is 9.96. The van der Waals surface area contributed by atoms with Crippen molar-refractivity contribution < 1.29 is 52.5 Å². The second-order valence-electron chi connectivity index (χ2n) is 16.6. The molecule has 0 radical (unpaired) electrons. The molecule has 2 atom stereocenters. The number of para-hydroxylation sites is 1. The van der Waals surface area contributed by atoms with Crippen LogP contribution in [0.15, 0.2) is 121 Å². The number of rotatable bonds is 20. The fraction of sp³-hybridized carbons (Fsp3) is 0.327. The number of alkyl carbamates (subject to hydrolysis) is 1. The lowest BCUT2D eigenvalue weighted by molar-refractivity contribution is -0.162. The number of hydrogen-bond acceptors (Lipinski definition) is 12. The largest absolute Gasteiger partial charge is 0.467 e. The lowest BCUT2D eigenvalue weighted by Crippen LogP contribution is -2.48. The normalized spacial score (nSPS) is 12.0. The zero-order valence-corrected chi connectivity index (χ0v) is 39.9. The van der Waals surface area contributed by atoms with Crippen LogP contribution in [-0.4, -0.2) is 92.2 Å². The van der Waals surface area contributed by atoms with Crippen molar-refractivity contribution in [3.63, 3.8) is 0 Å². The van der Waals surface area contributed by atoms with Crippen molar-refractivity contribution in [2.75, 3.05) is 37.7 Å². The van der Waals surface area contributed by atoms with Gasteiger partial charge < -0.3 is 34.9 Å². The zero-order chi connectivity index (χ0) is 49.2. The molecule has 0 heterocycles. The molecule has 0 bridgehead atoms. The Hall–Kier alpha value is -7.20. The van der Waals surface area contributed by atoms with E-state index in [0.29, 0.717) is 41.4 Å². The van der Waals surface area contributed by atoms with Crippen molar-refractivity contribution in [3.8, 4) is 0 Å². The molecule has 0 aliphatic carbocycles. The third kappa shape index (κ3) is 14.4. The van der Waals surface area contributed by atoms with Crippen LogP contribution >= 0.6 is 11.8 Å². The Balaban J connectivity index is 1.45. The average Bonchev–Trinajstić information content (AvgIpc) is 3.34. The van der Waals surface area contributed by atoms with Gasteiger partial charge in [-0.1, -0.05) is 103 Å². The number of carbonyl (C=O) groups is 7. The number of benzene rings is 5. The maximum atomic E-state index is 14.6. The first kappa shape index (κ1) is 51.8. The zero-order valence-electron chi connectivity index (χ0n) is 39.1. The number of methoxy groups -OCH3 is 2. The predicted octanol–water partition coefficient (Wildman–Crippen LogP) is 7.76. The fourth-order valence-electron chi connectivity index (χ4n) is 7.35. The standard InChI is InChI=1S/C52H58N4O11S/c1-52(2,3)67-50(62)47(59)56(42-26-16-15-25-39(42)48(60)66-45(34-19-9-7-10-20-34)35-21-11-8-12-22-35)43-29-28-36(37-23-13-14-24-38(37)43)33-41(55-51(63)65-5)46(58)53-31-18-17-27-44(57)54-40(30-32-68-6)49(61)64-4/h7-16,19-26,28-29,40-41,45H,17-18,27,30-33H2,1-6H3,(H,53,58)(H,54,57)(H,55,63)/t40-,41-/m0/s1. The SMILES string of the molecule is COC(=O)N[C@@H](Cc1ccc(N(C(=O)C(=O)OC(C)(C)C)c2ccccc2C(=O)OC(c2ccccc2)c2ccccc2)c2ccccc12)C(=O)NCCCCC(=O)N[C@@H](CCSC)C(=O)OC. The van der Waals surface area contributed by atoms with E-state index in [1.807, 2.05) is 66.9 Å². The van der Waals surface area contributed by atoms with Gasteiger partial charge in [0.05, 0.1) is 31.2 Å². The molecule has 0 saturated heterocycles. The van der Waals surface area contributed by atoms with Crippen LogP contribution in [-0.2, 0) is 49.3 Å². The van der Waals surface area contributed by atoms with Crippen LogP contribution in [0.5, 0.6) is 0 Å². The van der Waals surface area contributed by atoms with Crippen molar-refractivity contribution in [3.05, 3.63) is 144 Å². The van der Waals surface area contributed by atoms with Gasteiger partial charge in [0.1, 0.15) is 17.7 Å². The Morgan fingerprint density at radius 1 is 0.676 bits per heavy atom. The maximum absolute atomic E-state index is 14.6. The summed E-state index contributed by atoms with van der Waals surface area (Å²) in [7, 11) is 2.45. The van der Waals surface area contributed by atoms with Crippen LogP contribution in [0.25, 0.3) is 10.8 Å². The number of unbranched alkanes of at least 4 members (excludes halogenated alkanes) is 1. The summed E-state index contributed by atoms with van der Waals surface area (Å²) in [5, 5.41) is 9.19. The fourth-order valence-corrected chi connectivity index (χ4v) is 7.82. The molecule has 15 nitrogen and oxygen atoms in total. The summed E-state index contributed by atoms with van der Waals surface area (Å²) in [6.45, 7) is 5.09. The molecule has 0 aliphatic rings. The highest BCUT2D eigenvalue weighted by Gasteiger charge is 2.34. The van der Waals surface area contributed by atoms with Crippen molar-refractivity contribution >= 4 is 75.6 Å². The van der Waals surface area contributed by atoms with Crippen LogP contribution in [0.1, 0.15) is 79.6 Å². The Morgan fingerprint density at radius 2 is 1.29 bits per heavy atom. The van der Waals surface area contributed by atoms with E-state index in [0.717, 1.165) is 16.0 Å². The number of nitrogens with one attached hydrogen (secondary N) is 3. The molecule has 0 fully saturated rings. The van der Waals surface area contributed by atoms with Gasteiger partial charge in [-0.2, -0.15) is 11.8 Å². The molecule has 0 unspecified atom stereocenters. The van der Waals surface area contributed by atoms with E-state index in [1.165, 1.54) is 20.3 Å². The van der Waals surface area contributed by atoms with Crippen LogP contribution < -0.4 is 20.9 Å². The topological polar surface area (TPSA) is 196 Å². The first-order valence-corrected chi connectivity index (χ1v) is 23.5. The number of esters is 3. The number of fused-ring (bicyclic) bond motifs is 1. The quantitative estimate of drug-likeness (QED) is 0.0298. The minimum Gasteiger partial charge on any atom is -0.467 e. The minimum atomic E-state index is -1.17. The second-order valence-corrected chi connectivity index (χ2v) is 17.6. The summed E-state index contributed by atoms with van der Waals surface area (Å²) in [4.78, 5) is 94.9. The van der Waals surface area contributed by atoms with Crippen molar-refractivity contribution in [1.29, 1.82) is 0 Å². The van der Waals surface area contributed by atoms with Gasteiger partial charge in [-0.15, -0.1) is 0 Å². The van der Waals surface area contributed by atoms with Crippen molar-refractivity contribution in [2.45, 2.75) is 76.7 Å². The lowest BCUT2D eigenvalue weighted by Gasteiger charge is -2.28. The summed E-state index contributed by atoms with van der Waals surface area (Å²) >= 11 is 1.55. The van der Waals surface area contributed by atoms with Gasteiger partial charge in [0.15, 0.2) is 6.10 Å². The van der Waals surface area contributed by atoms with Gasteiger partial charge in [-0.3, -0.25) is 19.3 Å². The Labute approximate surface area is 400 Å². The highest BCUT2D eigenvalue weighted by atomic mass is 32.2. The molecule has 0 saturated carbocycles. The van der Waals surface area contributed by atoms with Gasteiger partial charge in [0.25, 0.3) is 0 Å². The molecule has 0 aliphatic heterocycles. The third-order valence-corrected chi connectivity index (χ3v) is 11.2. The highest BCUT2D eigenvalue weighted by Crippen LogP contribution is 2.38. The van der Waals surface area contributed by atoms with Crippen LogP contribution in [0.4, 0.5) is 16.2 Å². The van der Waals surface area contributed by atoms with E-state index in [-0.39, 0.29) is 42.2 Å². The Kier molecular flexibility index (Phi) is 19.1. The number of amides is 4. The van der Waals surface area contributed by atoms with Gasteiger partial charge in [0, 0.05) is 24.8 Å². The van der Waals surface area contributed by atoms with E-state index >= 15 is 0 Å². The maximum Gasteiger partial charge on any atom is 0.407 e. The van der Waals surface area contributed by atoms with Crippen LogP contribution in [0, 0.1) is 0 Å². The summed E-state index contributed by atoms with van der Waals surface area (Å²) < 4.78 is 21.5. The van der Waals surface area contributed by atoms with E-state index in [1.54, 1.807) is 87.1 Å². The molecular weight excluding hydrogens is 889 g/mol. The first-order chi connectivity index (χ1) is 32.6. The van der Waals surface area contributed by atoms with Crippen LogP contribution in [0.3, 0.4) is 0 Å². The van der Waals surface area contributed by atoms with Gasteiger partial charge >= 0.3 is 29.9 Å². The molecule has 5 rings (SSSR count).